The van der Waals surface area contributed by atoms with Crippen molar-refractivity contribution in [3.63, 3.8) is 0 Å². The Kier molecular flexibility index (Phi) is 0.999. The normalized spacial score (nSPS) is 11.4. The number of aromatic nitrogens is 4. The summed E-state index contributed by atoms with van der Waals surface area (Å²) in [6.45, 7) is 0. The maximum absolute atomic E-state index is 10.9. The van der Waals surface area contributed by atoms with Gasteiger partial charge in [0.2, 0.25) is 0 Å². The van der Waals surface area contributed by atoms with Crippen LogP contribution in [0.3, 0.4) is 0 Å². The topological polar surface area (TPSA) is 77.3 Å². The zero-order chi connectivity index (χ0) is 8.84. The Morgan fingerprint density at radius 2 is 1.85 bits per heavy atom. The molecule has 0 aliphatic rings. The lowest BCUT2D eigenvalue weighted by atomic mass is 10.3. The average molecular weight is 174 g/mol. The van der Waals surface area contributed by atoms with Crippen molar-refractivity contribution < 1.29 is 0 Å². The second-order valence-electron chi connectivity index (χ2n) is 2.90. The molecule has 0 aliphatic carbocycles. The molecule has 0 atom stereocenters. The summed E-state index contributed by atoms with van der Waals surface area (Å²) in [4.78, 5) is 23.4. The maximum Gasteiger partial charge on any atom is 0.323 e. The van der Waals surface area contributed by atoms with E-state index in [1.54, 1.807) is 6.33 Å². The molecule has 3 aromatic rings. The predicted octanol–water partition coefficient (Wildman–Crippen LogP) is 0.732. The summed E-state index contributed by atoms with van der Waals surface area (Å²) in [5, 5.41) is 0. The Labute approximate surface area is 71.8 Å². The first kappa shape index (κ1) is 6.47. The van der Waals surface area contributed by atoms with Gasteiger partial charge in [-0.25, -0.2) is 9.78 Å². The molecule has 1 aromatic carbocycles. The van der Waals surface area contributed by atoms with Gasteiger partial charge in [-0.05, 0) is 12.1 Å². The summed E-state index contributed by atoms with van der Waals surface area (Å²) in [5.74, 6) is 0. The molecular weight excluding hydrogens is 168 g/mol. The van der Waals surface area contributed by atoms with Crippen molar-refractivity contribution in [1.29, 1.82) is 0 Å². The Morgan fingerprint density at radius 1 is 1.08 bits per heavy atom. The number of rotatable bonds is 0. The third kappa shape index (κ3) is 0.807. The summed E-state index contributed by atoms with van der Waals surface area (Å²) in [7, 11) is 0. The first-order valence-electron chi connectivity index (χ1n) is 3.88. The number of imidazole rings is 2. The molecule has 0 radical (unpaired) electrons. The van der Waals surface area contributed by atoms with Gasteiger partial charge in [-0.1, -0.05) is 0 Å². The van der Waals surface area contributed by atoms with E-state index >= 15 is 0 Å². The number of hydrogen-bond acceptors (Lipinski definition) is 2. The van der Waals surface area contributed by atoms with Crippen molar-refractivity contribution in [2.75, 3.05) is 0 Å². The standard InChI is InChI=1S/C8H6N4O/c13-8-11-6-1-4-5(10-3-9-4)2-7(6)12-8/h1-3H,(H,9,10)(H2,11,12,13). The Bertz CT molecular complexity index is 579. The van der Waals surface area contributed by atoms with Crippen LogP contribution in [0.25, 0.3) is 22.1 Å². The third-order valence-electron chi connectivity index (χ3n) is 2.06. The molecule has 5 heteroatoms. The van der Waals surface area contributed by atoms with Crippen molar-refractivity contribution in [1.82, 2.24) is 19.9 Å². The van der Waals surface area contributed by atoms with Gasteiger partial charge in [0.25, 0.3) is 0 Å². The van der Waals surface area contributed by atoms with Crippen molar-refractivity contribution in [2.24, 2.45) is 0 Å². The monoisotopic (exact) mass is 174 g/mol. The van der Waals surface area contributed by atoms with Gasteiger partial charge in [-0.15, -0.1) is 0 Å². The Hall–Kier alpha value is -2.04. The maximum atomic E-state index is 10.9. The molecule has 0 fully saturated rings. The molecule has 0 saturated heterocycles. The van der Waals surface area contributed by atoms with E-state index in [0.717, 1.165) is 22.1 Å². The number of nitrogens with zero attached hydrogens (tertiary/aromatic N) is 1. The van der Waals surface area contributed by atoms with Crippen molar-refractivity contribution >= 4 is 22.1 Å². The van der Waals surface area contributed by atoms with Crippen LogP contribution < -0.4 is 5.69 Å². The van der Waals surface area contributed by atoms with Gasteiger partial charge < -0.3 is 15.0 Å². The molecule has 0 amide bonds. The van der Waals surface area contributed by atoms with Crippen LogP contribution in [0.1, 0.15) is 0 Å². The smallest absolute Gasteiger partial charge is 0.323 e. The van der Waals surface area contributed by atoms with E-state index in [4.69, 9.17) is 0 Å². The molecule has 2 aromatic heterocycles. The first-order valence-corrected chi connectivity index (χ1v) is 3.88. The highest BCUT2D eigenvalue weighted by Gasteiger charge is 2.01. The second kappa shape index (κ2) is 2.01. The van der Waals surface area contributed by atoms with Crippen LogP contribution in [0.5, 0.6) is 0 Å². The molecule has 0 spiro atoms. The summed E-state index contributed by atoms with van der Waals surface area (Å²) in [5.41, 5.74) is 3.15. The molecule has 0 aliphatic heterocycles. The van der Waals surface area contributed by atoms with Crippen LogP contribution in [-0.2, 0) is 0 Å². The SMILES string of the molecule is O=c1[nH]c2cc3nc[nH]c3cc2[nH]1. The number of fused-ring (bicyclic) bond motifs is 2. The van der Waals surface area contributed by atoms with Crippen LogP contribution in [0.2, 0.25) is 0 Å². The van der Waals surface area contributed by atoms with E-state index in [2.05, 4.69) is 19.9 Å². The largest absolute Gasteiger partial charge is 0.345 e. The highest BCUT2D eigenvalue weighted by atomic mass is 16.1. The van der Waals surface area contributed by atoms with E-state index in [1.165, 1.54) is 0 Å². The van der Waals surface area contributed by atoms with Gasteiger partial charge in [-0.3, -0.25) is 0 Å². The Morgan fingerprint density at radius 3 is 2.69 bits per heavy atom. The lowest BCUT2D eigenvalue weighted by Gasteiger charge is -1.88. The minimum Gasteiger partial charge on any atom is -0.345 e. The van der Waals surface area contributed by atoms with E-state index < -0.39 is 0 Å². The number of benzene rings is 1. The zero-order valence-electron chi connectivity index (χ0n) is 6.59. The molecule has 3 rings (SSSR count). The lowest BCUT2D eigenvalue weighted by Crippen LogP contribution is -1.99. The highest BCUT2D eigenvalue weighted by molar-refractivity contribution is 5.90. The number of hydrogen-bond donors (Lipinski definition) is 3. The van der Waals surface area contributed by atoms with E-state index in [1.807, 2.05) is 12.1 Å². The van der Waals surface area contributed by atoms with Crippen molar-refractivity contribution in [3.8, 4) is 0 Å². The zero-order valence-corrected chi connectivity index (χ0v) is 6.59. The lowest BCUT2D eigenvalue weighted by molar-refractivity contribution is 1.21. The summed E-state index contributed by atoms with van der Waals surface area (Å²) in [6.07, 6.45) is 1.63. The van der Waals surface area contributed by atoms with Gasteiger partial charge in [0.1, 0.15) is 0 Å². The number of aromatic amines is 3. The van der Waals surface area contributed by atoms with Gasteiger partial charge in [-0.2, -0.15) is 0 Å². The minimum atomic E-state index is -0.192. The van der Waals surface area contributed by atoms with Crippen molar-refractivity contribution in [3.05, 3.63) is 28.9 Å². The summed E-state index contributed by atoms with van der Waals surface area (Å²) >= 11 is 0. The number of nitrogens with one attached hydrogen (secondary N) is 3. The van der Waals surface area contributed by atoms with E-state index in [9.17, 15) is 4.79 Å². The van der Waals surface area contributed by atoms with Gasteiger partial charge >= 0.3 is 5.69 Å². The molecule has 3 N–H and O–H groups in total. The fourth-order valence-corrected chi connectivity index (χ4v) is 1.46. The fraction of sp³-hybridized carbons (Fsp3) is 0. The second-order valence-corrected chi connectivity index (χ2v) is 2.90. The van der Waals surface area contributed by atoms with E-state index in [-0.39, 0.29) is 5.69 Å². The molecule has 64 valence electrons. The fourth-order valence-electron chi connectivity index (χ4n) is 1.46. The summed E-state index contributed by atoms with van der Waals surface area (Å²) in [6, 6.07) is 3.69. The molecule has 0 saturated carbocycles. The summed E-state index contributed by atoms with van der Waals surface area (Å²) < 4.78 is 0. The average Bonchev–Trinajstić information content (AvgIpc) is 2.63. The number of H-pyrrole nitrogens is 3. The molecule has 0 unspecified atom stereocenters. The van der Waals surface area contributed by atoms with Crippen LogP contribution in [0, 0.1) is 0 Å². The third-order valence-corrected chi connectivity index (χ3v) is 2.06. The quantitative estimate of drug-likeness (QED) is 0.470. The van der Waals surface area contributed by atoms with Gasteiger partial charge in [0.05, 0.1) is 28.4 Å². The molecule has 0 bridgehead atoms. The van der Waals surface area contributed by atoms with E-state index in [0.29, 0.717) is 0 Å². The van der Waals surface area contributed by atoms with Crippen LogP contribution in [0.4, 0.5) is 0 Å². The van der Waals surface area contributed by atoms with Crippen LogP contribution in [-0.4, -0.2) is 19.9 Å². The molecular formula is C8H6N4O. The van der Waals surface area contributed by atoms with Gasteiger partial charge in [0, 0.05) is 0 Å². The van der Waals surface area contributed by atoms with Gasteiger partial charge in [0.15, 0.2) is 0 Å². The molecule has 5 nitrogen and oxygen atoms in total. The predicted molar refractivity (Wildman–Crippen MR) is 48.6 cm³/mol. The van der Waals surface area contributed by atoms with Crippen molar-refractivity contribution in [2.45, 2.75) is 0 Å². The first-order chi connectivity index (χ1) is 6.33. The molecule has 13 heavy (non-hydrogen) atoms. The Balaban J connectivity index is 2.62. The van der Waals surface area contributed by atoms with Crippen LogP contribution >= 0.6 is 0 Å². The van der Waals surface area contributed by atoms with Crippen LogP contribution in [0.15, 0.2) is 23.3 Å². The highest BCUT2D eigenvalue weighted by Crippen LogP contribution is 2.15. The molecule has 2 heterocycles. The minimum absolute atomic E-state index is 0.192.